The first-order valence-corrected chi connectivity index (χ1v) is 8.16. The molecular formula is C16H11BrF3N3O5. The lowest BCUT2D eigenvalue weighted by atomic mass is 10.1. The number of rotatable bonds is 5. The van der Waals surface area contributed by atoms with Crippen LogP contribution in [0.4, 0.5) is 30.2 Å². The molecule has 2 rings (SSSR count). The van der Waals surface area contributed by atoms with E-state index in [-0.39, 0.29) is 11.3 Å². The highest BCUT2D eigenvalue weighted by atomic mass is 79.9. The normalized spacial score (nSPS) is 11.0. The standard InChI is InChI=1S/C16H11BrF3N3O5/c17-8-1-3-12(21)10(5-8)15(25)28-7-14(24)22-13-4-2-9(23(26)27)6-11(13)16(18,19)20/h1-6H,7,21H2,(H,22,24). The van der Waals surface area contributed by atoms with Gasteiger partial charge in [0.05, 0.1) is 21.7 Å². The van der Waals surface area contributed by atoms with Crippen molar-refractivity contribution in [1.29, 1.82) is 0 Å². The van der Waals surface area contributed by atoms with Crippen LogP contribution in [0.25, 0.3) is 0 Å². The molecule has 0 atom stereocenters. The Hall–Kier alpha value is -3.15. The van der Waals surface area contributed by atoms with Gasteiger partial charge in [-0.1, -0.05) is 15.9 Å². The van der Waals surface area contributed by atoms with Crippen LogP contribution >= 0.6 is 15.9 Å². The van der Waals surface area contributed by atoms with E-state index >= 15 is 0 Å². The number of non-ortho nitro benzene ring substituents is 1. The zero-order chi connectivity index (χ0) is 21.1. The zero-order valence-corrected chi connectivity index (χ0v) is 15.3. The maximum Gasteiger partial charge on any atom is 0.418 e. The van der Waals surface area contributed by atoms with E-state index in [9.17, 15) is 32.9 Å². The number of ether oxygens (including phenoxy) is 1. The van der Waals surface area contributed by atoms with Crippen molar-refractivity contribution in [3.05, 3.63) is 62.1 Å². The molecule has 0 spiro atoms. The lowest BCUT2D eigenvalue weighted by Crippen LogP contribution is -2.23. The Morgan fingerprint density at radius 3 is 2.50 bits per heavy atom. The second kappa shape index (κ2) is 8.25. The number of nitrogen functional groups attached to an aromatic ring is 1. The molecule has 0 bridgehead atoms. The highest BCUT2D eigenvalue weighted by Gasteiger charge is 2.35. The molecule has 0 unspecified atom stereocenters. The maximum atomic E-state index is 13.1. The number of nitrogens with two attached hydrogens (primary N) is 1. The van der Waals surface area contributed by atoms with Gasteiger partial charge in [-0.05, 0) is 24.3 Å². The number of halogens is 4. The van der Waals surface area contributed by atoms with Crippen molar-refractivity contribution >= 4 is 44.9 Å². The topological polar surface area (TPSA) is 125 Å². The molecule has 1 amide bonds. The summed E-state index contributed by atoms with van der Waals surface area (Å²) in [5, 5.41) is 12.6. The number of hydrogen-bond acceptors (Lipinski definition) is 6. The van der Waals surface area contributed by atoms with Gasteiger partial charge in [-0.15, -0.1) is 0 Å². The number of benzene rings is 2. The molecule has 28 heavy (non-hydrogen) atoms. The third kappa shape index (κ3) is 5.19. The fraction of sp³-hybridized carbons (Fsp3) is 0.125. The fourth-order valence-corrected chi connectivity index (χ4v) is 2.45. The van der Waals surface area contributed by atoms with Gasteiger partial charge in [0.2, 0.25) is 0 Å². The van der Waals surface area contributed by atoms with Crippen LogP contribution < -0.4 is 11.1 Å². The first-order valence-electron chi connectivity index (χ1n) is 7.36. The van der Waals surface area contributed by atoms with Crippen LogP contribution in [0, 0.1) is 10.1 Å². The van der Waals surface area contributed by atoms with Crippen molar-refractivity contribution in [2.45, 2.75) is 6.18 Å². The maximum absolute atomic E-state index is 13.1. The van der Waals surface area contributed by atoms with Gasteiger partial charge in [-0.3, -0.25) is 14.9 Å². The summed E-state index contributed by atoms with van der Waals surface area (Å²) in [6, 6.07) is 6.20. The number of esters is 1. The summed E-state index contributed by atoms with van der Waals surface area (Å²) in [6.45, 7) is -0.890. The lowest BCUT2D eigenvalue weighted by Gasteiger charge is -2.14. The van der Waals surface area contributed by atoms with Crippen molar-refractivity contribution in [3.63, 3.8) is 0 Å². The van der Waals surface area contributed by atoms with E-state index in [4.69, 9.17) is 10.5 Å². The van der Waals surface area contributed by atoms with E-state index in [0.29, 0.717) is 10.5 Å². The van der Waals surface area contributed by atoms with Crippen LogP contribution in [0.5, 0.6) is 0 Å². The zero-order valence-electron chi connectivity index (χ0n) is 13.7. The Labute approximate surface area is 163 Å². The first kappa shape index (κ1) is 21.2. The molecule has 0 radical (unpaired) electrons. The minimum Gasteiger partial charge on any atom is -0.452 e. The van der Waals surface area contributed by atoms with E-state index < -0.39 is 46.5 Å². The van der Waals surface area contributed by atoms with Gasteiger partial charge >= 0.3 is 12.1 Å². The molecule has 0 fully saturated rings. The summed E-state index contributed by atoms with van der Waals surface area (Å²) in [5.74, 6) is -2.02. The second-order valence-electron chi connectivity index (χ2n) is 5.34. The van der Waals surface area contributed by atoms with E-state index in [1.54, 1.807) is 6.07 Å². The Bertz CT molecular complexity index is 950. The number of nitro groups is 1. The number of amides is 1. The van der Waals surface area contributed by atoms with Gasteiger partial charge in [-0.25, -0.2) is 4.79 Å². The number of anilines is 2. The number of carbonyl (C=O) groups excluding carboxylic acids is 2. The van der Waals surface area contributed by atoms with Crippen molar-refractivity contribution in [2.75, 3.05) is 17.7 Å². The Kier molecular flexibility index (Phi) is 6.23. The smallest absolute Gasteiger partial charge is 0.418 e. The van der Waals surface area contributed by atoms with Crippen molar-refractivity contribution in [3.8, 4) is 0 Å². The quantitative estimate of drug-likeness (QED) is 0.302. The minimum atomic E-state index is -4.95. The molecule has 8 nitrogen and oxygen atoms in total. The molecule has 2 aromatic carbocycles. The molecule has 0 saturated heterocycles. The summed E-state index contributed by atoms with van der Waals surface area (Å²) in [6.07, 6.45) is -4.95. The van der Waals surface area contributed by atoms with Crippen LogP contribution in [0.3, 0.4) is 0 Å². The van der Waals surface area contributed by atoms with Crippen LogP contribution in [0.1, 0.15) is 15.9 Å². The Morgan fingerprint density at radius 2 is 1.89 bits per heavy atom. The fourth-order valence-electron chi connectivity index (χ4n) is 2.09. The minimum absolute atomic E-state index is 0.0338. The molecule has 0 saturated carbocycles. The molecule has 148 valence electrons. The lowest BCUT2D eigenvalue weighted by molar-refractivity contribution is -0.385. The number of hydrogen-bond donors (Lipinski definition) is 2. The summed E-state index contributed by atoms with van der Waals surface area (Å²) in [5.41, 5.74) is 2.77. The second-order valence-corrected chi connectivity index (χ2v) is 6.26. The monoisotopic (exact) mass is 461 g/mol. The molecule has 0 aliphatic rings. The van der Waals surface area contributed by atoms with Crippen LogP contribution in [0.15, 0.2) is 40.9 Å². The van der Waals surface area contributed by atoms with Gasteiger partial charge in [0.25, 0.3) is 11.6 Å². The number of alkyl halides is 3. The third-order valence-corrected chi connectivity index (χ3v) is 3.86. The highest BCUT2D eigenvalue weighted by Crippen LogP contribution is 2.37. The predicted octanol–water partition coefficient (Wildman–Crippen LogP) is 3.75. The van der Waals surface area contributed by atoms with Crippen LogP contribution in [0.2, 0.25) is 0 Å². The molecule has 0 aromatic heterocycles. The largest absolute Gasteiger partial charge is 0.452 e. The van der Waals surface area contributed by atoms with Gasteiger partial charge in [0, 0.05) is 22.3 Å². The molecular weight excluding hydrogens is 451 g/mol. The van der Waals surface area contributed by atoms with E-state index in [0.717, 1.165) is 12.1 Å². The van der Waals surface area contributed by atoms with E-state index in [1.807, 2.05) is 5.32 Å². The van der Waals surface area contributed by atoms with Crippen LogP contribution in [-0.2, 0) is 15.7 Å². The van der Waals surface area contributed by atoms with Crippen molar-refractivity contribution < 1.29 is 32.4 Å². The summed E-state index contributed by atoms with van der Waals surface area (Å²) < 4.78 is 44.5. The molecule has 3 N–H and O–H groups in total. The average molecular weight is 462 g/mol. The Morgan fingerprint density at radius 1 is 1.21 bits per heavy atom. The summed E-state index contributed by atoms with van der Waals surface area (Å²) in [4.78, 5) is 33.5. The average Bonchev–Trinajstić information content (AvgIpc) is 2.61. The van der Waals surface area contributed by atoms with E-state index in [1.165, 1.54) is 12.1 Å². The highest BCUT2D eigenvalue weighted by molar-refractivity contribution is 9.10. The van der Waals surface area contributed by atoms with Gasteiger partial charge in [-0.2, -0.15) is 13.2 Å². The molecule has 12 heteroatoms. The summed E-state index contributed by atoms with van der Waals surface area (Å²) in [7, 11) is 0. The number of nitrogens with zero attached hydrogens (tertiary/aromatic N) is 1. The van der Waals surface area contributed by atoms with Crippen molar-refractivity contribution in [1.82, 2.24) is 0 Å². The number of nitro benzene ring substituents is 1. The number of carbonyl (C=O) groups is 2. The predicted molar refractivity (Wildman–Crippen MR) is 95.6 cm³/mol. The van der Waals surface area contributed by atoms with Gasteiger partial charge < -0.3 is 15.8 Å². The Balaban J connectivity index is 2.12. The molecule has 2 aromatic rings. The van der Waals surface area contributed by atoms with Crippen molar-refractivity contribution in [2.24, 2.45) is 0 Å². The van der Waals surface area contributed by atoms with Gasteiger partial charge in [0.15, 0.2) is 6.61 Å². The SMILES string of the molecule is Nc1ccc(Br)cc1C(=O)OCC(=O)Nc1ccc([N+](=O)[O-])cc1C(F)(F)F. The first-order chi connectivity index (χ1) is 13.0. The third-order valence-electron chi connectivity index (χ3n) is 3.36. The summed E-state index contributed by atoms with van der Waals surface area (Å²) >= 11 is 3.13. The number of nitrogens with one attached hydrogen (secondary N) is 1. The van der Waals surface area contributed by atoms with Gasteiger partial charge in [0.1, 0.15) is 0 Å². The molecule has 0 aliphatic carbocycles. The molecule has 0 aliphatic heterocycles. The van der Waals surface area contributed by atoms with E-state index in [2.05, 4.69) is 15.9 Å². The molecule has 0 heterocycles. The van der Waals surface area contributed by atoms with Crippen LogP contribution in [-0.4, -0.2) is 23.4 Å².